The zero-order chi connectivity index (χ0) is 20.1. The number of carbonyl (C=O) groups excluding carboxylic acids is 1. The van der Waals surface area contributed by atoms with E-state index in [0.717, 1.165) is 5.69 Å². The summed E-state index contributed by atoms with van der Waals surface area (Å²) in [5.41, 5.74) is 0.639. The van der Waals surface area contributed by atoms with Gasteiger partial charge in [0.25, 0.3) is 5.91 Å². The molecule has 1 saturated carbocycles. The van der Waals surface area contributed by atoms with Crippen molar-refractivity contribution in [2.75, 3.05) is 18.8 Å². The van der Waals surface area contributed by atoms with Gasteiger partial charge in [0, 0.05) is 24.8 Å². The van der Waals surface area contributed by atoms with Gasteiger partial charge in [0.05, 0.1) is 11.2 Å². The molecule has 152 valence electrons. The third-order valence-electron chi connectivity index (χ3n) is 5.77. The zero-order valence-electron chi connectivity index (χ0n) is 16.1. The van der Waals surface area contributed by atoms with Crippen LogP contribution in [0.5, 0.6) is 0 Å². The van der Waals surface area contributed by atoms with Crippen LogP contribution in [0.2, 0.25) is 0 Å². The number of nitrogens with zero attached hydrogens (tertiary/aromatic N) is 4. The van der Waals surface area contributed by atoms with Gasteiger partial charge in [-0.15, -0.1) is 0 Å². The second-order valence-electron chi connectivity index (χ2n) is 7.78. The van der Waals surface area contributed by atoms with Gasteiger partial charge < -0.3 is 9.42 Å². The highest BCUT2D eigenvalue weighted by molar-refractivity contribution is 7.89. The number of H-pyrrole nitrogens is 1. The van der Waals surface area contributed by atoms with Crippen molar-refractivity contribution < 1.29 is 17.7 Å². The molecule has 0 bridgehead atoms. The molecular formula is C17H24N6O4S. The van der Waals surface area contributed by atoms with E-state index in [1.165, 1.54) is 0 Å². The molecule has 3 heterocycles. The molecule has 1 amide bonds. The molecule has 11 heteroatoms. The SMILES string of the molecule is CCS(=O)(=O)N[C@@H]1C[C@H]2CN(C(=O)c3cc(C)[nH]n3)C[C@@]2(c2nc(C)no2)C1. The quantitative estimate of drug-likeness (QED) is 0.736. The average molecular weight is 408 g/mol. The van der Waals surface area contributed by atoms with E-state index in [-0.39, 0.29) is 23.6 Å². The first-order valence-corrected chi connectivity index (χ1v) is 11.0. The zero-order valence-corrected chi connectivity index (χ0v) is 16.9. The van der Waals surface area contributed by atoms with E-state index in [9.17, 15) is 13.2 Å². The number of hydrogen-bond donors (Lipinski definition) is 2. The second kappa shape index (κ2) is 6.66. The van der Waals surface area contributed by atoms with Crippen LogP contribution in [0.25, 0.3) is 0 Å². The monoisotopic (exact) mass is 408 g/mol. The molecule has 0 unspecified atom stereocenters. The van der Waals surface area contributed by atoms with Gasteiger partial charge in [0.1, 0.15) is 5.69 Å². The predicted octanol–water partition coefficient (Wildman–Crippen LogP) is 0.521. The van der Waals surface area contributed by atoms with Crippen molar-refractivity contribution in [3.8, 4) is 0 Å². The average Bonchev–Trinajstić information content (AvgIpc) is 3.37. The Bertz CT molecular complexity index is 999. The maximum absolute atomic E-state index is 12.9. The van der Waals surface area contributed by atoms with E-state index in [4.69, 9.17) is 4.52 Å². The number of likely N-dealkylation sites (tertiary alicyclic amines) is 1. The lowest BCUT2D eigenvalue weighted by Crippen LogP contribution is -2.40. The van der Waals surface area contributed by atoms with Crippen molar-refractivity contribution in [3.63, 3.8) is 0 Å². The second-order valence-corrected chi connectivity index (χ2v) is 9.82. The Morgan fingerprint density at radius 3 is 2.86 bits per heavy atom. The molecule has 2 N–H and O–H groups in total. The van der Waals surface area contributed by atoms with E-state index in [2.05, 4.69) is 25.1 Å². The van der Waals surface area contributed by atoms with Crippen molar-refractivity contribution in [2.24, 2.45) is 5.92 Å². The minimum atomic E-state index is -3.32. The van der Waals surface area contributed by atoms with Crippen LogP contribution in [0, 0.1) is 19.8 Å². The summed E-state index contributed by atoms with van der Waals surface area (Å²) >= 11 is 0. The van der Waals surface area contributed by atoms with Crippen molar-refractivity contribution in [3.05, 3.63) is 29.2 Å². The molecule has 0 aromatic carbocycles. The van der Waals surface area contributed by atoms with E-state index in [0.29, 0.717) is 43.3 Å². The van der Waals surface area contributed by atoms with Gasteiger partial charge in [0.15, 0.2) is 5.82 Å². The number of carbonyl (C=O) groups is 1. The molecule has 1 aliphatic carbocycles. The Balaban J connectivity index is 1.62. The predicted molar refractivity (Wildman–Crippen MR) is 99.0 cm³/mol. The Morgan fingerprint density at radius 1 is 1.46 bits per heavy atom. The number of hydrogen-bond acceptors (Lipinski definition) is 7. The normalized spacial score (nSPS) is 27.3. The van der Waals surface area contributed by atoms with Crippen LogP contribution < -0.4 is 4.72 Å². The summed E-state index contributed by atoms with van der Waals surface area (Å²) in [5, 5.41) is 10.8. The van der Waals surface area contributed by atoms with Crippen LogP contribution >= 0.6 is 0 Å². The van der Waals surface area contributed by atoms with E-state index < -0.39 is 15.4 Å². The fraction of sp³-hybridized carbons (Fsp3) is 0.647. The largest absolute Gasteiger partial charge is 0.339 e. The van der Waals surface area contributed by atoms with Gasteiger partial charge >= 0.3 is 0 Å². The van der Waals surface area contributed by atoms with Gasteiger partial charge in [-0.2, -0.15) is 10.1 Å². The molecule has 0 radical (unpaired) electrons. The topological polar surface area (TPSA) is 134 Å². The Labute approximate surface area is 163 Å². The summed E-state index contributed by atoms with van der Waals surface area (Å²) < 4.78 is 32.4. The van der Waals surface area contributed by atoms with Gasteiger partial charge in [-0.25, -0.2) is 13.1 Å². The Kier molecular flexibility index (Phi) is 4.53. The van der Waals surface area contributed by atoms with Crippen molar-refractivity contribution in [1.82, 2.24) is 30.0 Å². The van der Waals surface area contributed by atoms with E-state index in [1.807, 2.05) is 6.92 Å². The first kappa shape index (κ1) is 19.1. The van der Waals surface area contributed by atoms with Crippen LogP contribution in [-0.4, -0.2) is 64.4 Å². The van der Waals surface area contributed by atoms with Crippen LogP contribution in [0.3, 0.4) is 0 Å². The third-order valence-corrected chi connectivity index (χ3v) is 7.22. The summed E-state index contributed by atoms with van der Waals surface area (Å²) in [6.45, 7) is 6.09. The number of sulfonamides is 1. The molecule has 2 fully saturated rings. The standard InChI is InChI=1S/C17H24N6O4S/c1-4-28(25,26)22-13-6-12-8-23(15(24)14-5-10(2)19-20-14)9-17(12,7-13)16-18-11(3)21-27-16/h5,12-13,22H,4,6-9H2,1-3H3,(H,19,20)/t12-,13+,17-/m0/s1. The molecule has 2 aromatic heterocycles. The Morgan fingerprint density at radius 2 is 2.25 bits per heavy atom. The highest BCUT2D eigenvalue weighted by atomic mass is 32.2. The molecule has 3 atom stereocenters. The van der Waals surface area contributed by atoms with Crippen molar-refractivity contribution in [1.29, 1.82) is 0 Å². The van der Waals surface area contributed by atoms with Gasteiger partial charge in [0.2, 0.25) is 15.9 Å². The summed E-state index contributed by atoms with van der Waals surface area (Å²) in [6, 6.07) is 1.50. The van der Waals surface area contributed by atoms with E-state index >= 15 is 0 Å². The van der Waals surface area contributed by atoms with Crippen molar-refractivity contribution >= 4 is 15.9 Å². The van der Waals surface area contributed by atoms with Gasteiger partial charge in [-0.3, -0.25) is 9.89 Å². The fourth-order valence-corrected chi connectivity index (χ4v) is 5.33. The van der Waals surface area contributed by atoms with Crippen LogP contribution in [0.1, 0.15) is 47.7 Å². The summed E-state index contributed by atoms with van der Waals surface area (Å²) in [4.78, 5) is 19.1. The maximum Gasteiger partial charge on any atom is 0.274 e. The van der Waals surface area contributed by atoms with Crippen LogP contribution in [0.15, 0.2) is 10.6 Å². The van der Waals surface area contributed by atoms with Crippen LogP contribution in [0.4, 0.5) is 0 Å². The maximum atomic E-state index is 12.9. The summed E-state index contributed by atoms with van der Waals surface area (Å²) in [5.74, 6) is 0.903. The molecule has 4 rings (SSSR count). The number of nitrogens with one attached hydrogen (secondary N) is 2. The summed E-state index contributed by atoms with van der Waals surface area (Å²) in [6.07, 6.45) is 1.13. The molecule has 10 nitrogen and oxygen atoms in total. The Hall–Kier alpha value is -2.27. The minimum Gasteiger partial charge on any atom is -0.339 e. The minimum absolute atomic E-state index is 0.0286. The molecule has 28 heavy (non-hydrogen) atoms. The highest BCUT2D eigenvalue weighted by Crippen LogP contribution is 2.50. The first-order valence-electron chi connectivity index (χ1n) is 9.34. The van der Waals surface area contributed by atoms with E-state index in [1.54, 1.807) is 24.8 Å². The van der Waals surface area contributed by atoms with Crippen molar-refractivity contribution in [2.45, 2.75) is 45.1 Å². The molecule has 1 aliphatic heterocycles. The molecule has 0 spiro atoms. The molecular weight excluding hydrogens is 384 g/mol. The number of aromatic nitrogens is 4. The number of aryl methyl sites for hydroxylation is 2. The fourth-order valence-electron chi connectivity index (χ4n) is 4.47. The highest BCUT2D eigenvalue weighted by Gasteiger charge is 2.58. The first-order chi connectivity index (χ1) is 13.2. The molecule has 2 aromatic rings. The lowest BCUT2D eigenvalue weighted by molar-refractivity contribution is 0.0767. The van der Waals surface area contributed by atoms with Gasteiger partial charge in [-0.05, 0) is 45.6 Å². The molecule has 2 aliphatic rings. The number of aromatic amines is 1. The number of fused-ring (bicyclic) bond motifs is 1. The smallest absolute Gasteiger partial charge is 0.274 e. The molecule has 1 saturated heterocycles. The summed E-state index contributed by atoms with van der Waals surface area (Å²) in [7, 11) is -3.32. The van der Waals surface area contributed by atoms with Gasteiger partial charge in [-0.1, -0.05) is 5.16 Å². The van der Waals surface area contributed by atoms with Crippen LogP contribution in [-0.2, 0) is 15.4 Å². The lowest BCUT2D eigenvalue weighted by atomic mass is 9.80. The lowest BCUT2D eigenvalue weighted by Gasteiger charge is -2.25. The third kappa shape index (κ3) is 3.22. The number of amides is 1. The number of rotatable bonds is 5.